The monoisotopic (exact) mass is 424 g/mol. The quantitative estimate of drug-likeness (QED) is 0.538. The normalized spacial score (nSPS) is 20.0. The number of alkyl carbamates (subject to hydrolysis) is 1. The fraction of sp³-hybridized carbons (Fsp3) is 0.348. The molecule has 1 atom stereocenters. The van der Waals surface area contributed by atoms with Crippen LogP contribution in [0.25, 0.3) is 11.1 Å². The van der Waals surface area contributed by atoms with Gasteiger partial charge in [-0.2, -0.15) is 0 Å². The topological polar surface area (TPSA) is 125 Å². The number of carbonyl (C=O) groups is 3. The van der Waals surface area contributed by atoms with Crippen LogP contribution in [0.3, 0.4) is 0 Å². The van der Waals surface area contributed by atoms with Crippen LogP contribution in [0.4, 0.5) is 4.79 Å². The predicted octanol–water partition coefficient (Wildman–Crippen LogP) is 1.87. The van der Waals surface area contributed by atoms with Crippen LogP contribution in [-0.2, 0) is 14.3 Å². The van der Waals surface area contributed by atoms with Crippen LogP contribution in [0.2, 0.25) is 0 Å². The van der Waals surface area contributed by atoms with E-state index in [9.17, 15) is 19.5 Å². The second kappa shape index (κ2) is 8.77. The maximum Gasteiger partial charge on any atom is 0.407 e. The lowest BCUT2D eigenvalue weighted by molar-refractivity contribution is -0.146. The first-order valence-corrected chi connectivity index (χ1v) is 10.2. The van der Waals surface area contributed by atoms with Crippen LogP contribution in [0.15, 0.2) is 48.5 Å². The van der Waals surface area contributed by atoms with Crippen molar-refractivity contribution in [2.45, 2.75) is 30.9 Å². The second-order valence-corrected chi connectivity index (χ2v) is 7.93. The van der Waals surface area contributed by atoms with Gasteiger partial charge in [0, 0.05) is 17.9 Å². The van der Waals surface area contributed by atoms with Gasteiger partial charge in [0.15, 0.2) is 6.10 Å². The Balaban J connectivity index is 1.24. The summed E-state index contributed by atoms with van der Waals surface area (Å²) >= 11 is 0. The van der Waals surface area contributed by atoms with Gasteiger partial charge in [-0.1, -0.05) is 48.5 Å². The molecule has 1 saturated carbocycles. The van der Waals surface area contributed by atoms with E-state index >= 15 is 0 Å². The van der Waals surface area contributed by atoms with E-state index in [4.69, 9.17) is 9.84 Å². The summed E-state index contributed by atoms with van der Waals surface area (Å²) in [4.78, 5) is 34.8. The van der Waals surface area contributed by atoms with Crippen molar-refractivity contribution in [1.82, 2.24) is 10.6 Å². The number of nitrogens with one attached hydrogen (secondary N) is 2. The number of amides is 2. The number of aliphatic hydroxyl groups is 1. The van der Waals surface area contributed by atoms with Gasteiger partial charge in [0.25, 0.3) is 0 Å². The number of fused-ring (bicyclic) bond motifs is 3. The van der Waals surface area contributed by atoms with Gasteiger partial charge in [0.1, 0.15) is 6.61 Å². The van der Waals surface area contributed by atoms with Crippen LogP contribution in [-0.4, -0.2) is 53.5 Å². The van der Waals surface area contributed by atoms with Crippen LogP contribution in [0, 0.1) is 5.92 Å². The van der Waals surface area contributed by atoms with Crippen molar-refractivity contribution in [1.29, 1.82) is 0 Å². The van der Waals surface area contributed by atoms with Gasteiger partial charge in [0.05, 0.1) is 6.54 Å². The van der Waals surface area contributed by atoms with Gasteiger partial charge in [-0.25, -0.2) is 9.59 Å². The first kappa shape index (κ1) is 20.9. The van der Waals surface area contributed by atoms with Crippen LogP contribution in [0.1, 0.15) is 29.9 Å². The molecule has 4 rings (SSSR count). The lowest BCUT2D eigenvalue weighted by atomic mass is 9.79. The molecule has 0 aromatic heterocycles. The van der Waals surface area contributed by atoms with Gasteiger partial charge in [-0.15, -0.1) is 0 Å². The number of carboxylic acids is 1. The molecule has 0 heterocycles. The Morgan fingerprint density at radius 1 is 1.00 bits per heavy atom. The number of carbonyl (C=O) groups excluding carboxylic acids is 2. The maximum absolute atomic E-state index is 12.3. The summed E-state index contributed by atoms with van der Waals surface area (Å²) in [5.41, 5.74) is 4.60. The third-order valence-corrected chi connectivity index (χ3v) is 5.93. The van der Waals surface area contributed by atoms with Gasteiger partial charge in [-0.05, 0) is 35.1 Å². The molecule has 0 aliphatic heterocycles. The highest BCUT2D eigenvalue weighted by Gasteiger charge is 2.36. The Morgan fingerprint density at radius 3 is 2.16 bits per heavy atom. The summed E-state index contributed by atoms with van der Waals surface area (Å²) in [6.45, 7) is -0.112. The average molecular weight is 424 g/mol. The van der Waals surface area contributed by atoms with Gasteiger partial charge in [-0.3, -0.25) is 4.79 Å². The van der Waals surface area contributed by atoms with Crippen molar-refractivity contribution < 1.29 is 29.3 Å². The van der Waals surface area contributed by atoms with E-state index in [1.165, 1.54) is 0 Å². The Kier molecular flexibility index (Phi) is 5.90. The molecule has 162 valence electrons. The molecule has 2 aliphatic carbocycles. The number of hydrogen-bond acceptors (Lipinski definition) is 5. The fourth-order valence-corrected chi connectivity index (χ4v) is 4.19. The SMILES string of the molecule is O=C(NC1CC(C(=O)NC[C@H](O)C(=O)O)C1)OCC1c2ccccc2-c2ccccc21. The molecule has 4 N–H and O–H groups in total. The van der Waals surface area contributed by atoms with Gasteiger partial charge in [0.2, 0.25) is 5.91 Å². The highest BCUT2D eigenvalue weighted by molar-refractivity contribution is 5.81. The van der Waals surface area contributed by atoms with E-state index in [2.05, 4.69) is 34.9 Å². The minimum Gasteiger partial charge on any atom is -0.479 e. The zero-order valence-electron chi connectivity index (χ0n) is 16.8. The van der Waals surface area contributed by atoms with Gasteiger partial charge < -0.3 is 25.6 Å². The third kappa shape index (κ3) is 4.39. The summed E-state index contributed by atoms with van der Waals surface area (Å²) in [6.07, 6.45) is -1.26. The molecule has 2 aromatic carbocycles. The molecular weight excluding hydrogens is 400 g/mol. The number of aliphatic hydroxyl groups excluding tert-OH is 1. The Bertz CT molecular complexity index is 956. The van der Waals surface area contributed by atoms with Crippen molar-refractivity contribution >= 4 is 18.0 Å². The lowest BCUT2D eigenvalue weighted by Gasteiger charge is -2.34. The molecule has 2 amide bonds. The van der Waals surface area contributed by atoms with E-state index in [1.54, 1.807) is 0 Å². The molecule has 0 radical (unpaired) electrons. The number of aliphatic carboxylic acids is 1. The first-order valence-electron chi connectivity index (χ1n) is 10.2. The minimum atomic E-state index is -1.63. The van der Waals surface area contributed by atoms with Crippen molar-refractivity contribution in [2.24, 2.45) is 5.92 Å². The zero-order valence-corrected chi connectivity index (χ0v) is 16.8. The number of ether oxygens (including phenoxy) is 1. The number of benzene rings is 2. The molecular formula is C23H24N2O6. The van der Waals surface area contributed by atoms with E-state index in [1.807, 2.05) is 24.3 Å². The molecule has 2 aliphatic rings. The van der Waals surface area contributed by atoms with Crippen molar-refractivity contribution in [2.75, 3.05) is 13.2 Å². The van der Waals surface area contributed by atoms with Crippen LogP contribution in [0.5, 0.6) is 0 Å². The second-order valence-electron chi connectivity index (χ2n) is 7.93. The molecule has 1 fully saturated rings. The fourth-order valence-electron chi connectivity index (χ4n) is 4.19. The summed E-state index contributed by atoms with van der Waals surface area (Å²) < 4.78 is 5.50. The van der Waals surface area contributed by atoms with Gasteiger partial charge >= 0.3 is 12.1 Å². The standard InChI is InChI=1S/C23H24N2O6/c26-20(22(28)29)11-24-21(27)13-9-14(10-13)25-23(30)31-12-19-17-7-3-1-5-15(17)16-6-2-4-8-18(16)19/h1-8,13-14,19-20,26H,9-12H2,(H,24,27)(H,25,30)(H,28,29)/t13?,14?,20-/m0/s1. The van der Waals surface area contributed by atoms with E-state index < -0.39 is 18.2 Å². The Hall–Kier alpha value is -3.39. The Morgan fingerprint density at radius 2 is 1.58 bits per heavy atom. The van der Waals surface area contributed by atoms with Crippen molar-refractivity contribution in [3.8, 4) is 11.1 Å². The van der Waals surface area contributed by atoms with E-state index in [0.717, 1.165) is 22.3 Å². The predicted molar refractivity (Wildman–Crippen MR) is 111 cm³/mol. The highest BCUT2D eigenvalue weighted by Crippen LogP contribution is 2.44. The summed E-state index contributed by atoms with van der Waals surface area (Å²) in [6, 6.07) is 16.0. The number of rotatable bonds is 7. The molecule has 8 nitrogen and oxygen atoms in total. The smallest absolute Gasteiger partial charge is 0.407 e. The summed E-state index contributed by atoms with van der Waals surface area (Å²) in [7, 11) is 0. The molecule has 8 heteroatoms. The zero-order chi connectivity index (χ0) is 22.0. The van der Waals surface area contributed by atoms with Crippen LogP contribution < -0.4 is 10.6 Å². The number of hydrogen-bond donors (Lipinski definition) is 4. The molecule has 0 saturated heterocycles. The Labute approximate surface area is 179 Å². The highest BCUT2D eigenvalue weighted by atomic mass is 16.5. The third-order valence-electron chi connectivity index (χ3n) is 5.93. The lowest BCUT2D eigenvalue weighted by Crippen LogP contribution is -2.50. The first-order chi connectivity index (χ1) is 14.9. The maximum atomic E-state index is 12.3. The molecule has 0 spiro atoms. The molecule has 31 heavy (non-hydrogen) atoms. The minimum absolute atomic E-state index is 0.0151. The summed E-state index contributed by atoms with van der Waals surface area (Å²) in [5.74, 6) is -2.05. The molecule has 0 bridgehead atoms. The average Bonchev–Trinajstić information content (AvgIpc) is 3.06. The van der Waals surface area contributed by atoms with Crippen molar-refractivity contribution in [3.05, 3.63) is 59.7 Å². The molecule has 2 aromatic rings. The summed E-state index contributed by atoms with van der Waals surface area (Å²) in [5, 5.41) is 23.0. The largest absolute Gasteiger partial charge is 0.479 e. The van der Waals surface area contributed by atoms with E-state index in [0.29, 0.717) is 12.8 Å². The number of carboxylic acid groups (broad SMARTS) is 1. The van der Waals surface area contributed by atoms with E-state index in [-0.39, 0.29) is 36.9 Å². The molecule has 0 unspecified atom stereocenters. The van der Waals surface area contributed by atoms with Crippen LogP contribution >= 0.6 is 0 Å². The van der Waals surface area contributed by atoms with Crippen molar-refractivity contribution in [3.63, 3.8) is 0 Å².